The minimum Gasteiger partial charge on any atom is -0.383 e. The highest BCUT2D eigenvalue weighted by molar-refractivity contribution is 5.98. The van der Waals surface area contributed by atoms with E-state index in [2.05, 4.69) is 24.3 Å². The van der Waals surface area contributed by atoms with Crippen LogP contribution >= 0.6 is 0 Å². The van der Waals surface area contributed by atoms with Crippen LogP contribution in [0.15, 0.2) is 6.20 Å². The molecule has 0 radical (unpaired) electrons. The van der Waals surface area contributed by atoms with E-state index < -0.39 is 0 Å². The van der Waals surface area contributed by atoms with Crippen molar-refractivity contribution in [2.24, 2.45) is 13.0 Å². The molecule has 1 aromatic heterocycles. The molecule has 1 unspecified atom stereocenters. The Bertz CT molecular complexity index is 384. The maximum absolute atomic E-state index is 11.9. The molecule has 1 atom stereocenters. The van der Waals surface area contributed by atoms with Crippen molar-refractivity contribution in [3.63, 3.8) is 0 Å². The van der Waals surface area contributed by atoms with Crippen LogP contribution in [0.4, 0.5) is 5.82 Å². The summed E-state index contributed by atoms with van der Waals surface area (Å²) in [5.41, 5.74) is 6.19. The van der Waals surface area contributed by atoms with Crippen LogP contribution in [0.25, 0.3) is 0 Å². The van der Waals surface area contributed by atoms with Crippen LogP contribution in [0.2, 0.25) is 0 Å². The molecular formula is C12H22N4O. The lowest BCUT2D eigenvalue weighted by Crippen LogP contribution is -2.33. The average Bonchev–Trinajstić information content (AvgIpc) is 2.57. The van der Waals surface area contributed by atoms with Gasteiger partial charge in [-0.25, -0.2) is 0 Å². The molecule has 5 nitrogen and oxygen atoms in total. The van der Waals surface area contributed by atoms with Crippen molar-refractivity contribution in [3.8, 4) is 0 Å². The topological polar surface area (TPSA) is 72.9 Å². The van der Waals surface area contributed by atoms with Crippen molar-refractivity contribution >= 4 is 11.7 Å². The smallest absolute Gasteiger partial charge is 0.256 e. The number of nitrogens with zero attached hydrogens (tertiary/aromatic N) is 2. The second-order valence-electron chi connectivity index (χ2n) is 4.91. The first-order valence-electron chi connectivity index (χ1n) is 6.00. The molecule has 17 heavy (non-hydrogen) atoms. The van der Waals surface area contributed by atoms with E-state index >= 15 is 0 Å². The molecule has 0 aliphatic heterocycles. The Labute approximate surface area is 102 Å². The summed E-state index contributed by atoms with van der Waals surface area (Å²) in [6.07, 6.45) is 3.58. The van der Waals surface area contributed by atoms with E-state index in [4.69, 9.17) is 5.73 Å². The monoisotopic (exact) mass is 238 g/mol. The number of amides is 1. The molecule has 0 bridgehead atoms. The van der Waals surface area contributed by atoms with Crippen molar-refractivity contribution in [3.05, 3.63) is 11.8 Å². The molecule has 3 N–H and O–H groups in total. The molecule has 0 fully saturated rings. The number of carbonyl (C=O) groups is 1. The largest absolute Gasteiger partial charge is 0.383 e. The van der Waals surface area contributed by atoms with E-state index in [1.54, 1.807) is 7.05 Å². The predicted molar refractivity (Wildman–Crippen MR) is 68.6 cm³/mol. The third kappa shape index (κ3) is 3.76. The molecule has 1 aromatic rings. The van der Waals surface area contributed by atoms with Crippen molar-refractivity contribution in [1.29, 1.82) is 0 Å². The normalized spacial score (nSPS) is 12.8. The first kappa shape index (κ1) is 13.5. The van der Waals surface area contributed by atoms with Crippen LogP contribution in [0.3, 0.4) is 0 Å². The predicted octanol–water partition coefficient (Wildman–Crippen LogP) is 1.56. The number of aromatic nitrogens is 2. The Morgan fingerprint density at radius 3 is 2.59 bits per heavy atom. The molecule has 0 saturated heterocycles. The molecule has 0 aliphatic carbocycles. The highest BCUT2D eigenvalue weighted by Gasteiger charge is 2.15. The van der Waals surface area contributed by atoms with E-state index in [0.29, 0.717) is 17.3 Å². The van der Waals surface area contributed by atoms with Gasteiger partial charge in [-0.05, 0) is 25.7 Å². The third-order valence-electron chi connectivity index (χ3n) is 2.78. The van der Waals surface area contributed by atoms with Gasteiger partial charge in [-0.2, -0.15) is 5.10 Å². The quantitative estimate of drug-likeness (QED) is 0.817. The minimum atomic E-state index is -0.146. The number of anilines is 1. The molecule has 1 rings (SSSR count). The van der Waals surface area contributed by atoms with Gasteiger partial charge in [0.15, 0.2) is 0 Å². The van der Waals surface area contributed by atoms with E-state index in [1.165, 1.54) is 10.9 Å². The Balaban J connectivity index is 2.52. The number of rotatable bonds is 5. The van der Waals surface area contributed by atoms with Gasteiger partial charge in [-0.3, -0.25) is 9.48 Å². The number of hydrogen-bond acceptors (Lipinski definition) is 3. The van der Waals surface area contributed by atoms with E-state index in [1.807, 2.05) is 6.92 Å². The molecule has 0 spiro atoms. The molecule has 96 valence electrons. The molecule has 0 aromatic carbocycles. The molecular weight excluding hydrogens is 216 g/mol. The summed E-state index contributed by atoms with van der Waals surface area (Å²) in [5.74, 6) is 0.906. The zero-order chi connectivity index (χ0) is 13.0. The standard InChI is InChI=1S/C12H22N4O/c1-8(2)5-6-9(3)15-12(17)10-7-14-16(4)11(10)13/h7-9H,5-6,13H2,1-4H3,(H,15,17). The third-order valence-corrected chi connectivity index (χ3v) is 2.78. The lowest BCUT2D eigenvalue weighted by Gasteiger charge is -2.14. The van der Waals surface area contributed by atoms with Gasteiger partial charge < -0.3 is 11.1 Å². The number of aryl methyl sites for hydroxylation is 1. The van der Waals surface area contributed by atoms with Crippen LogP contribution in [0, 0.1) is 5.92 Å². The van der Waals surface area contributed by atoms with Gasteiger partial charge >= 0.3 is 0 Å². The van der Waals surface area contributed by atoms with Crippen molar-refractivity contribution in [2.45, 2.75) is 39.7 Å². The summed E-state index contributed by atoms with van der Waals surface area (Å²) in [6.45, 7) is 6.36. The maximum Gasteiger partial charge on any atom is 0.256 e. The summed E-state index contributed by atoms with van der Waals surface area (Å²) in [6, 6.07) is 0.157. The Kier molecular flexibility index (Phi) is 4.54. The van der Waals surface area contributed by atoms with Crippen LogP contribution < -0.4 is 11.1 Å². The van der Waals surface area contributed by atoms with Gasteiger partial charge in [0.2, 0.25) is 0 Å². The molecule has 5 heteroatoms. The fraction of sp³-hybridized carbons (Fsp3) is 0.667. The summed E-state index contributed by atoms with van der Waals surface area (Å²) in [7, 11) is 1.72. The summed E-state index contributed by atoms with van der Waals surface area (Å²) in [5, 5.41) is 6.88. The number of carbonyl (C=O) groups excluding carboxylic acids is 1. The molecule has 0 aliphatic rings. The van der Waals surface area contributed by atoms with Crippen LogP contribution in [-0.2, 0) is 7.05 Å². The fourth-order valence-corrected chi connectivity index (χ4v) is 1.58. The number of nitrogen functional groups attached to an aromatic ring is 1. The summed E-state index contributed by atoms with van der Waals surface area (Å²) >= 11 is 0. The minimum absolute atomic E-state index is 0.146. The van der Waals surface area contributed by atoms with Crippen LogP contribution in [0.1, 0.15) is 44.0 Å². The van der Waals surface area contributed by atoms with Gasteiger partial charge in [0, 0.05) is 13.1 Å². The highest BCUT2D eigenvalue weighted by atomic mass is 16.1. The fourth-order valence-electron chi connectivity index (χ4n) is 1.58. The van der Waals surface area contributed by atoms with Crippen LogP contribution in [0.5, 0.6) is 0 Å². The Morgan fingerprint density at radius 1 is 1.47 bits per heavy atom. The van der Waals surface area contributed by atoms with E-state index in [-0.39, 0.29) is 11.9 Å². The van der Waals surface area contributed by atoms with Crippen LogP contribution in [-0.4, -0.2) is 21.7 Å². The van der Waals surface area contributed by atoms with Gasteiger partial charge in [0.1, 0.15) is 11.4 Å². The lowest BCUT2D eigenvalue weighted by molar-refractivity contribution is 0.0938. The molecule has 0 saturated carbocycles. The Morgan fingerprint density at radius 2 is 2.12 bits per heavy atom. The highest BCUT2D eigenvalue weighted by Crippen LogP contribution is 2.11. The lowest BCUT2D eigenvalue weighted by atomic mass is 10.0. The van der Waals surface area contributed by atoms with Crippen molar-refractivity contribution in [1.82, 2.24) is 15.1 Å². The zero-order valence-corrected chi connectivity index (χ0v) is 11.0. The number of nitrogens with one attached hydrogen (secondary N) is 1. The SMILES string of the molecule is CC(C)CCC(C)NC(=O)c1cnn(C)c1N. The van der Waals surface area contributed by atoms with E-state index in [9.17, 15) is 4.79 Å². The Hall–Kier alpha value is -1.52. The van der Waals surface area contributed by atoms with Gasteiger partial charge in [-0.1, -0.05) is 13.8 Å². The second-order valence-corrected chi connectivity index (χ2v) is 4.91. The first-order chi connectivity index (χ1) is 7.91. The van der Waals surface area contributed by atoms with Gasteiger partial charge in [0.25, 0.3) is 5.91 Å². The number of nitrogens with two attached hydrogens (primary N) is 1. The summed E-state index contributed by atoms with van der Waals surface area (Å²) in [4.78, 5) is 11.9. The summed E-state index contributed by atoms with van der Waals surface area (Å²) < 4.78 is 1.49. The second kappa shape index (κ2) is 5.70. The molecule has 1 amide bonds. The van der Waals surface area contributed by atoms with Gasteiger partial charge in [0.05, 0.1) is 6.20 Å². The average molecular weight is 238 g/mol. The van der Waals surface area contributed by atoms with Crippen molar-refractivity contribution in [2.75, 3.05) is 5.73 Å². The van der Waals surface area contributed by atoms with Crippen molar-refractivity contribution < 1.29 is 4.79 Å². The van der Waals surface area contributed by atoms with E-state index in [0.717, 1.165) is 12.8 Å². The first-order valence-corrected chi connectivity index (χ1v) is 6.00. The number of hydrogen-bond donors (Lipinski definition) is 2. The molecule has 1 heterocycles. The maximum atomic E-state index is 11.9. The van der Waals surface area contributed by atoms with Gasteiger partial charge in [-0.15, -0.1) is 0 Å². The zero-order valence-electron chi connectivity index (χ0n) is 11.0.